The summed E-state index contributed by atoms with van der Waals surface area (Å²) < 4.78 is 0. The van der Waals surface area contributed by atoms with Gasteiger partial charge in [0.1, 0.15) is 0 Å². The maximum absolute atomic E-state index is 2.46. The summed E-state index contributed by atoms with van der Waals surface area (Å²) in [6.45, 7) is 7.36. The largest absolute Gasteiger partial charge is 0.0885 e. The van der Waals surface area contributed by atoms with Crippen molar-refractivity contribution < 1.29 is 0 Å². The Kier molecular flexibility index (Phi) is 2.25. The molecule has 0 heteroatoms. The molecule has 0 saturated heterocycles. The van der Waals surface area contributed by atoms with E-state index in [4.69, 9.17) is 0 Å². The second-order valence-corrected chi connectivity index (χ2v) is 5.57. The number of hydrogen-bond donors (Lipinski definition) is 0. The SMILES string of the molecule is CC1CC=CCCCC2C1C2(C)C. The first-order chi connectivity index (χ1) is 6.14. The van der Waals surface area contributed by atoms with Crippen molar-refractivity contribution >= 4 is 0 Å². The number of fused-ring (bicyclic) bond motifs is 1. The molecule has 0 nitrogen and oxygen atoms in total. The van der Waals surface area contributed by atoms with E-state index in [0.717, 1.165) is 17.8 Å². The van der Waals surface area contributed by atoms with E-state index in [1.54, 1.807) is 0 Å². The molecule has 3 atom stereocenters. The predicted octanol–water partition coefficient (Wildman–Crippen LogP) is 4.02. The summed E-state index contributed by atoms with van der Waals surface area (Å²) in [5, 5.41) is 0. The maximum atomic E-state index is 2.46. The van der Waals surface area contributed by atoms with Crippen LogP contribution in [0.1, 0.15) is 46.5 Å². The molecule has 13 heavy (non-hydrogen) atoms. The van der Waals surface area contributed by atoms with Crippen LogP contribution in [0.4, 0.5) is 0 Å². The van der Waals surface area contributed by atoms with E-state index in [1.807, 2.05) is 0 Å². The van der Waals surface area contributed by atoms with Crippen LogP contribution in [0.25, 0.3) is 0 Å². The third kappa shape index (κ3) is 1.56. The van der Waals surface area contributed by atoms with Gasteiger partial charge in [0.2, 0.25) is 0 Å². The molecule has 1 saturated carbocycles. The molecule has 0 spiro atoms. The van der Waals surface area contributed by atoms with Crippen molar-refractivity contribution in [2.75, 3.05) is 0 Å². The zero-order valence-electron chi connectivity index (χ0n) is 9.22. The normalized spacial score (nSPS) is 42.8. The van der Waals surface area contributed by atoms with Crippen molar-refractivity contribution in [1.82, 2.24) is 0 Å². The second-order valence-electron chi connectivity index (χ2n) is 5.57. The smallest absolute Gasteiger partial charge is 0.0289 e. The average molecular weight is 178 g/mol. The molecule has 2 rings (SSSR count). The Hall–Kier alpha value is -0.260. The summed E-state index contributed by atoms with van der Waals surface area (Å²) in [7, 11) is 0. The van der Waals surface area contributed by atoms with E-state index in [-0.39, 0.29) is 0 Å². The van der Waals surface area contributed by atoms with Crippen LogP contribution in [0.2, 0.25) is 0 Å². The standard InChI is InChI=1S/C13H22/c1-10-8-6-4-5-7-9-11-12(10)13(11,2)3/h4,6,10-12H,5,7-9H2,1-3H3. The lowest BCUT2D eigenvalue weighted by Gasteiger charge is -2.09. The van der Waals surface area contributed by atoms with Crippen LogP contribution in [-0.4, -0.2) is 0 Å². The van der Waals surface area contributed by atoms with Gasteiger partial charge in [0.05, 0.1) is 0 Å². The molecule has 1 fully saturated rings. The molecule has 74 valence electrons. The minimum Gasteiger partial charge on any atom is -0.0885 e. The first-order valence-corrected chi connectivity index (χ1v) is 5.79. The minimum atomic E-state index is 0.657. The molecular weight excluding hydrogens is 156 g/mol. The predicted molar refractivity (Wildman–Crippen MR) is 57.5 cm³/mol. The Bertz CT molecular complexity index is 212. The third-order valence-corrected chi connectivity index (χ3v) is 4.31. The van der Waals surface area contributed by atoms with Crippen LogP contribution in [-0.2, 0) is 0 Å². The molecule has 0 aromatic rings. The number of allylic oxidation sites excluding steroid dienone is 2. The van der Waals surface area contributed by atoms with Crippen molar-refractivity contribution in [1.29, 1.82) is 0 Å². The molecule has 2 aliphatic rings. The highest BCUT2D eigenvalue weighted by molar-refractivity contribution is 5.08. The molecule has 0 amide bonds. The number of hydrogen-bond acceptors (Lipinski definition) is 0. The second kappa shape index (κ2) is 3.15. The number of rotatable bonds is 0. The van der Waals surface area contributed by atoms with Crippen LogP contribution in [0.3, 0.4) is 0 Å². The van der Waals surface area contributed by atoms with E-state index in [2.05, 4.69) is 32.9 Å². The third-order valence-electron chi connectivity index (χ3n) is 4.31. The lowest BCUT2D eigenvalue weighted by molar-refractivity contribution is 0.425. The molecule has 0 heterocycles. The Morgan fingerprint density at radius 1 is 1.23 bits per heavy atom. The van der Waals surface area contributed by atoms with Crippen molar-refractivity contribution in [3.05, 3.63) is 12.2 Å². The molecule has 0 radical (unpaired) electrons. The van der Waals surface area contributed by atoms with Crippen molar-refractivity contribution in [2.45, 2.75) is 46.5 Å². The molecule has 0 aromatic heterocycles. The van der Waals surface area contributed by atoms with Crippen LogP contribution in [0, 0.1) is 23.2 Å². The minimum absolute atomic E-state index is 0.657. The molecule has 3 unspecified atom stereocenters. The summed E-state index contributed by atoms with van der Waals surface area (Å²) in [5.74, 6) is 2.95. The van der Waals surface area contributed by atoms with Gasteiger partial charge < -0.3 is 0 Å². The monoisotopic (exact) mass is 178 g/mol. The Balaban J connectivity index is 2.06. The molecule has 0 aromatic carbocycles. The van der Waals surface area contributed by atoms with Crippen LogP contribution in [0.5, 0.6) is 0 Å². The van der Waals surface area contributed by atoms with Gasteiger partial charge >= 0.3 is 0 Å². The van der Waals surface area contributed by atoms with E-state index in [9.17, 15) is 0 Å². The lowest BCUT2D eigenvalue weighted by Crippen LogP contribution is -2.01. The van der Waals surface area contributed by atoms with Gasteiger partial charge in [-0.25, -0.2) is 0 Å². The summed E-state index contributed by atoms with van der Waals surface area (Å²) in [6, 6.07) is 0. The van der Waals surface area contributed by atoms with Gasteiger partial charge in [-0.2, -0.15) is 0 Å². The summed E-state index contributed by atoms with van der Waals surface area (Å²) >= 11 is 0. The highest BCUT2D eigenvalue weighted by Gasteiger charge is 2.58. The summed E-state index contributed by atoms with van der Waals surface area (Å²) in [6.07, 6.45) is 10.3. The van der Waals surface area contributed by atoms with Crippen LogP contribution >= 0.6 is 0 Å². The lowest BCUT2D eigenvalue weighted by atomic mass is 9.96. The van der Waals surface area contributed by atoms with Crippen molar-refractivity contribution in [2.24, 2.45) is 23.2 Å². The van der Waals surface area contributed by atoms with E-state index >= 15 is 0 Å². The Labute approximate surface area is 82.4 Å². The Morgan fingerprint density at radius 2 is 2.00 bits per heavy atom. The van der Waals surface area contributed by atoms with E-state index in [0.29, 0.717) is 5.41 Å². The average Bonchev–Trinajstić information content (AvgIpc) is 2.58. The van der Waals surface area contributed by atoms with Gasteiger partial charge in [-0.05, 0) is 48.9 Å². The van der Waals surface area contributed by atoms with Gasteiger partial charge in [0.15, 0.2) is 0 Å². The van der Waals surface area contributed by atoms with Gasteiger partial charge in [0.25, 0.3) is 0 Å². The summed E-state index contributed by atoms with van der Waals surface area (Å²) in [5.41, 5.74) is 0.657. The molecule has 0 aliphatic heterocycles. The van der Waals surface area contributed by atoms with Gasteiger partial charge in [0, 0.05) is 0 Å². The topological polar surface area (TPSA) is 0 Å². The van der Waals surface area contributed by atoms with E-state index < -0.39 is 0 Å². The van der Waals surface area contributed by atoms with Crippen molar-refractivity contribution in [3.8, 4) is 0 Å². The molecule has 0 bridgehead atoms. The van der Waals surface area contributed by atoms with Gasteiger partial charge in [-0.15, -0.1) is 0 Å². The Morgan fingerprint density at radius 3 is 2.77 bits per heavy atom. The first-order valence-electron chi connectivity index (χ1n) is 5.79. The van der Waals surface area contributed by atoms with E-state index in [1.165, 1.54) is 25.7 Å². The maximum Gasteiger partial charge on any atom is -0.0289 e. The molecule has 2 aliphatic carbocycles. The zero-order chi connectivity index (χ0) is 9.47. The highest BCUT2D eigenvalue weighted by Crippen LogP contribution is 2.64. The summed E-state index contributed by atoms with van der Waals surface area (Å²) in [4.78, 5) is 0. The molecular formula is C13H22. The molecule has 0 N–H and O–H groups in total. The fourth-order valence-corrected chi connectivity index (χ4v) is 3.50. The fourth-order valence-electron chi connectivity index (χ4n) is 3.50. The van der Waals surface area contributed by atoms with Crippen LogP contribution in [0.15, 0.2) is 12.2 Å². The van der Waals surface area contributed by atoms with Crippen LogP contribution < -0.4 is 0 Å². The van der Waals surface area contributed by atoms with Gasteiger partial charge in [-0.3, -0.25) is 0 Å². The fraction of sp³-hybridized carbons (Fsp3) is 0.846. The first kappa shape index (κ1) is 9.30. The highest BCUT2D eigenvalue weighted by atomic mass is 14.6. The van der Waals surface area contributed by atoms with Crippen molar-refractivity contribution in [3.63, 3.8) is 0 Å². The quantitative estimate of drug-likeness (QED) is 0.491. The zero-order valence-corrected chi connectivity index (χ0v) is 9.22. The van der Waals surface area contributed by atoms with Gasteiger partial charge in [-0.1, -0.05) is 32.9 Å².